The number of rotatable bonds is 0. The van der Waals surface area contributed by atoms with Crippen LogP contribution in [0.2, 0.25) is 0 Å². The van der Waals surface area contributed by atoms with Crippen molar-refractivity contribution in [1.29, 1.82) is 0 Å². The van der Waals surface area contributed by atoms with Crippen molar-refractivity contribution in [2.75, 3.05) is 0 Å². The zero-order valence-electron chi connectivity index (χ0n) is 13.7. The molecule has 0 bridgehead atoms. The average Bonchev–Trinajstić information content (AvgIpc) is 2.91. The molecule has 0 fully saturated rings. The second-order valence-corrected chi connectivity index (χ2v) is 7.24. The van der Waals surface area contributed by atoms with Gasteiger partial charge in [-0.1, -0.05) is 44.4 Å². The first-order valence-electron chi connectivity index (χ1n) is 7.91. The maximum atomic E-state index is 6.17. The first-order chi connectivity index (χ1) is 11.0. The van der Waals surface area contributed by atoms with E-state index in [9.17, 15) is 0 Å². The average molecular weight is 491 g/mol. The van der Waals surface area contributed by atoms with E-state index in [2.05, 4.69) is 50.0 Å². The summed E-state index contributed by atoms with van der Waals surface area (Å²) in [6.07, 6.45) is 1.85. The number of aromatic nitrogens is 1. The Hall–Kier alpha value is -1.96. The molecule has 0 spiro atoms. The molecule has 0 atom stereocenters. The van der Waals surface area contributed by atoms with Gasteiger partial charge in [-0.05, 0) is 44.8 Å². The molecule has 0 saturated carbocycles. The van der Waals surface area contributed by atoms with Crippen molar-refractivity contribution < 1.29 is 24.5 Å². The molecule has 121 valence electrons. The van der Waals surface area contributed by atoms with Crippen molar-refractivity contribution in [1.82, 2.24) is 4.98 Å². The van der Waals surface area contributed by atoms with Gasteiger partial charge in [-0.2, -0.15) is 0 Å². The van der Waals surface area contributed by atoms with Crippen molar-refractivity contribution in [3.05, 3.63) is 54.2 Å². The van der Waals surface area contributed by atoms with Crippen LogP contribution in [0.5, 0.6) is 0 Å². The molecular weight excluding hydrogens is 474 g/mol. The van der Waals surface area contributed by atoms with E-state index in [1.165, 1.54) is 21.7 Å². The van der Waals surface area contributed by atoms with Crippen molar-refractivity contribution in [3.63, 3.8) is 0 Å². The molecule has 3 aromatic carbocycles. The Kier molecular flexibility index (Phi) is 3.25. The molecule has 2 aromatic heterocycles. The van der Waals surface area contributed by atoms with Crippen LogP contribution in [0.4, 0.5) is 0 Å². The van der Waals surface area contributed by atoms with E-state index < -0.39 is 0 Å². The molecule has 0 aliphatic rings. The van der Waals surface area contributed by atoms with Gasteiger partial charge in [0, 0.05) is 26.3 Å². The number of nitrogens with zero attached hydrogens (tertiary/aromatic N) is 1. The third-order valence-corrected chi connectivity index (χ3v) is 4.73. The number of hydrogen-bond donors (Lipinski definition) is 0. The molecule has 0 aliphatic carbocycles. The van der Waals surface area contributed by atoms with Crippen molar-refractivity contribution in [3.8, 4) is 0 Å². The van der Waals surface area contributed by atoms with Crippen LogP contribution in [-0.4, -0.2) is 4.98 Å². The molecule has 5 rings (SSSR count). The summed E-state index contributed by atoms with van der Waals surface area (Å²) in [5, 5.41) is 5.78. The van der Waals surface area contributed by atoms with Gasteiger partial charge in [0.2, 0.25) is 0 Å². The number of pyridine rings is 1. The van der Waals surface area contributed by atoms with E-state index in [0.717, 1.165) is 27.5 Å². The van der Waals surface area contributed by atoms with Crippen LogP contribution in [0, 0.1) is 6.07 Å². The molecule has 0 aliphatic heterocycles. The second-order valence-electron chi connectivity index (χ2n) is 7.24. The van der Waals surface area contributed by atoms with E-state index >= 15 is 0 Å². The molecular formula is C21H16IrNO-. The number of furan rings is 1. The molecule has 24 heavy (non-hydrogen) atoms. The molecule has 1 radical (unpaired) electrons. The molecule has 2 nitrogen and oxygen atoms in total. The standard InChI is InChI=1S/C21H16NO.Ir/c1-21(2,3)12-10-15-13-7-5-9-22-20(13)14-6-4-8-16-18(14)19(15)17(11-12)23-16;/h4-5,7-11H,1-3H3;/q-1;. The third-order valence-electron chi connectivity index (χ3n) is 4.73. The summed E-state index contributed by atoms with van der Waals surface area (Å²) >= 11 is 0. The largest absolute Gasteiger partial charge is 0.476 e. The minimum Gasteiger partial charge on any atom is -0.476 e. The first kappa shape index (κ1) is 15.6. The summed E-state index contributed by atoms with van der Waals surface area (Å²) in [4.78, 5) is 4.63. The monoisotopic (exact) mass is 491 g/mol. The van der Waals surface area contributed by atoms with Crippen molar-refractivity contribution >= 4 is 43.6 Å². The van der Waals surface area contributed by atoms with E-state index in [0.29, 0.717) is 0 Å². The molecule has 5 aromatic rings. The maximum Gasteiger partial charge on any atom is 0.124 e. The molecule has 0 unspecified atom stereocenters. The van der Waals surface area contributed by atoms with Crippen molar-refractivity contribution in [2.45, 2.75) is 26.2 Å². The van der Waals surface area contributed by atoms with Crippen LogP contribution >= 0.6 is 0 Å². The van der Waals surface area contributed by atoms with Gasteiger partial charge in [-0.3, -0.25) is 0 Å². The first-order valence-corrected chi connectivity index (χ1v) is 7.91. The minimum atomic E-state index is 0. The van der Waals surface area contributed by atoms with Gasteiger partial charge in [0.25, 0.3) is 0 Å². The van der Waals surface area contributed by atoms with E-state index in [1.807, 2.05) is 24.4 Å². The van der Waals surface area contributed by atoms with E-state index in [4.69, 9.17) is 4.42 Å². The molecule has 2 heterocycles. The van der Waals surface area contributed by atoms with Gasteiger partial charge in [-0.25, -0.2) is 0 Å². The van der Waals surface area contributed by atoms with Gasteiger partial charge in [0.1, 0.15) is 5.58 Å². The predicted octanol–water partition coefficient (Wildman–Crippen LogP) is 5.82. The van der Waals surface area contributed by atoms with Crippen LogP contribution < -0.4 is 0 Å². The van der Waals surface area contributed by atoms with Crippen LogP contribution in [-0.2, 0) is 25.5 Å². The molecule has 0 saturated heterocycles. The summed E-state index contributed by atoms with van der Waals surface area (Å²) in [5.74, 6) is 0. The Balaban J connectivity index is 0.00000146. The summed E-state index contributed by atoms with van der Waals surface area (Å²) in [7, 11) is 0. The van der Waals surface area contributed by atoms with Crippen LogP contribution in [0.1, 0.15) is 26.3 Å². The Morgan fingerprint density at radius 1 is 1.00 bits per heavy atom. The maximum absolute atomic E-state index is 6.17. The van der Waals surface area contributed by atoms with Crippen LogP contribution in [0.3, 0.4) is 0 Å². The summed E-state index contributed by atoms with van der Waals surface area (Å²) in [6, 6.07) is 15.9. The SMILES string of the molecule is CC(C)(C)c1cc2oc3cc[c-]c4c5ncccc5c(c1)c2c34.[Ir]. The van der Waals surface area contributed by atoms with Crippen LogP contribution in [0.15, 0.2) is 47.0 Å². The molecule has 3 heteroatoms. The van der Waals surface area contributed by atoms with Crippen molar-refractivity contribution in [2.24, 2.45) is 0 Å². The number of benzene rings is 3. The number of hydrogen-bond acceptors (Lipinski definition) is 2. The summed E-state index contributed by atoms with van der Waals surface area (Å²) in [6.45, 7) is 6.70. The normalized spacial score (nSPS) is 12.5. The predicted molar refractivity (Wildman–Crippen MR) is 95.2 cm³/mol. The minimum absolute atomic E-state index is 0. The fraction of sp³-hybridized carbons (Fsp3) is 0.190. The van der Waals surface area contributed by atoms with Gasteiger partial charge in [0.05, 0.1) is 5.58 Å². The van der Waals surface area contributed by atoms with E-state index in [-0.39, 0.29) is 25.5 Å². The number of fused-ring (bicyclic) bond motifs is 3. The fourth-order valence-corrected chi connectivity index (χ4v) is 3.54. The summed E-state index contributed by atoms with van der Waals surface area (Å²) in [5.41, 5.74) is 4.22. The molecule has 0 N–H and O–H groups in total. The quantitative estimate of drug-likeness (QED) is 0.202. The zero-order valence-corrected chi connectivity index (χ0v) is 16.1. The topological polar surface area (TPSA) is 26.0 Å². The smallest absolute Gasteiger partial charge is 0.124 e. The third kappa shape index (κ3) is 1.95. The Morgan fingerprint density at radius 2 is 1.83 bits per heavy atom. The molecule has 0 amide bonds. The van der Waals surface area contributed by atoms with Gasteiger partial charge >= 0.3 is 0 Å². The Labute approximate surface area is 153 Å². The van der Waals surface area contributed by atoms with Gasteiger partial charge < -0.3 is 9.40 Å². The van der Waals surface area contributed by atoms with Crippen LogP contribution in [0.25, 0.3) is 43.6 Å². The summed E-state index contributed by atoms with van der Waals surface area (Å²) < 4.78 is 6.17. The van der Waals surface area contributed by atoms with Gasteiger partial charge in [0.15, 0.2) is 0 Å². The van der Waals surface area contributed by atoms with E-state index in [1.54, 1.807) is 0 Å². The zero-order chi connectivity index (χ0) is 15.8. The second kappa shape index (κ2) is 5.02. The Morgan fingerprint density at radius 3 is 2.62 bits per heavy atom. The fourth-order valence-electron chi connectivity index (χ4n) is 3.54. The Bertz CT molecular complexity index is 1200. The van der Waals surface area contributed by atoms with Gasteiger partial charge in [-0.15, -0.1) is 17.5 Å².